The van der Waals surface area contributed by atoms with Crippen molar-refractivity contribution < 1.29 is 5.11 Å². The highest BCUT2D eigenvalue weighted by atomic mass is 35.5. The molecule has 0 aliphatic carbocycles. The zero-order valence-electron chi connectivity index (χ0n) is 8.41. The Hall–Kier alpha value is -0.600. The summed E-state index contributed by atoms with van der Waals surface area (Å²) in [5.41, 5.74) is 0.713. The number of unbranched alkanes of at least 4 members (excludes halogenated alkanes) is 2. The molecule has 1 rings (SSSR count). The Labute approximate surface area is 89.9 Å². The highest BCUT2D eigenvalue weighted by molar-refractivity contribution is 6.30. The molecule has 0 amide bonds. The van der Waals surface area contributed by atoms with Crippen molar-refractivity contribution in [3.8, 4) is 0 Å². The van der Waals surface area contributed by atoms with Gasteiger partial charge in [-0.15, -0.1) is 0 Å². The Morgan fingerprint density at radius 3 is 2.79 bits per heavy atom. The number of hydrogen-bond acceptors (Lipinski definition) is 2. The summed E-state index contributed by atoms with van der Waals surface area (Å²) < 4.78 is 0. The minimum Gasteiger partial charge on any atom is -0.387 e. The molecule has 0 bridgehead atoms. The molecule has 0 aliphatic heterocycles. The van der Waals surface area contributed by atoms with Crippen molar-refractivity contribution in [2.24, 2.45) is 0 Å². The third-order valence-electron chi connectivity index (χ3n) is 2.17. The Balaban J connectivity index is 2.43. The highest BCUT2D eigenvalue weighted by Gasteiger charge is 2.07. The lowest BCUT2D eigenvalue weighted by atomic mass is 10.1. The fraction of sp³-hybridized carbons (Fsp3) is 0.545. The number of hydrogen-bond donors (Lipinski definition) is 1. The number of pyridine rings is 1. The lowest BCUT2D eigenvalue weighted by molar-refractivity contribution is 0.159. The number of aliphatic hydroxyl groups is 1. The van der Waals surface area contributed by atoms with E-state index in [4.69, 9.17) is 11.6 Å². The zero-order valence-corrected chi connectivity index (χ0v) is 9.17. The Bertz CT molecular complexity index is 260. The average Bonchev–Trinajstić information content (AvgIpc) is 2.19. The van der Waals surface area contributed by atoms with E-state index in [1.165, 1.54) is 6.42 Å². The van der Waals surface area contributed by atoms with Gasteiger partial charge in [-0.05, 0) is 18.6 Å². The van der Waals surface area contributed by atoms with Crippen LogP contribution in [0.3, 0.4) is 0 Å². The average molecular weight is 214 g/mol. The molecule has 0 fully saturated rings. The maximum absolute atomic E-state index is 9.73. The van der Waals surface area contributed by atoms with Crippen LogP contribution in [0.4, 0.5) is 0 Å². The molecule has 0 spiro atoms. The molecule has 0 radical (unpaired) electrons. The summed E-state index contributed by atoms with van der Waals surface area (Å²) in [7, 11) is 0. The Morgan fingerprint density at radius 2 is 2.21 bits per heavy atom. The molecule has 1 heterocycles. The minimum absolute atomic E-state index is 0.446. The van der Waals surface area contributed by atoms with Gasteiger partial charge in [0.2, 0.25) is 0 Å². The van der Waals surface area contributed by atoms with Crippen LogP contribution in [-0.4, -0.2) is 10.1 Å². The van der Waals surface area contributed by atoms with E-state index >= 15 is 0 Å². The van der Waals surface area contributed by atoms with Gasteiger partial charge in [0.05, 0.1) is 16.8 Å². The molecule has 1 unspecified atom stereocenters. The van der Waals surface area contributed by atoms with Crippen molar-refractivity contribution in [2.75, 3.05) is 0 Å². The molecule has 1 aromatic heterocycles. The van der Waals surface area contributed by atoms with Gasteiger partial charge in [-0.25, -0.2) is 0 Å². The van der Waals surface area contributed by atoms with Crippen LogP contribution in [-0.2, 0) is 0 Å². The SMILES string of the molecule is CCCCCC(O)c1ccc(Cl)cn1. The van der Waals surface area contributed by atoms with Gasteiger partial charge >= 0.3 is 0 Å². The second-order valence-corrected chi connectivity index (χ2v) is 3.85. The van der Waals surface area contributed by atoms with Crippen molar-refractivity contribution in [3.63, 3.8) is 0 Å². The lowest BCUT2D eigenvalue weighted by Crippen LogP contribution is -1.99. The number of aromatic nitrogens is 1. The van der Waals surface area contributed by atoms with Gasteiger partial charge in [0.25, 0.3) is 0 Å². The van der Waals surface area contributed by atoms with Gasteiger partial charge in [0.1, 0.15) is 0 Å². The van der Waals surface area contributed by atoms with E-state index in [0.29, 0.717) is 10.7 Å². The molecule has 0 saturated carbocycles. The van der Waals surface area contributed by atoms with Gasteiger partial charge < -0.3 is 5.11 Å². The second-order valence-electron chi connectivity index (χ2n) is 3.41. The van der Waals surface area contributed by atoms with Gasteiger partial charge in [-0.1, -0.05) is 37.8 Å². The van der Waals surface area contributed by atoms with E-state index in [1.807, 2.05) is 0 Å². The van der Waals surface area contributed by atoms with Crippen LogP contribution in [0.15, 0.2) is 18.3 Å². The van der Waals surface area contributed by atoms with Crippen LogP contribution in [0.5, 0.6) is 0 Å². The van der Waals surface area contributed by atoms with Gasteiger partial charge in [-0.2, -0.15) is 0 Å². The van der Waals surface area contributed by atoms with Crippen LogP contribution < -0.4 is 0 Å². The van der Waals surface area contributed by atoms with Crippen LogP contribution in [0.2, 0.25) is 5.02 Å². The van der Waals surface area contributed by atoms with Crippen LogP contribution in [0.25, 0.3) is 0 Å². The topological polar surface area (TPSA) is 33.1 Å². The monoisotopic (exact) mass is 213 g/mol. The Kier molecular flexibility index (Phi) is 4.91. The molecular formula is C11H16ClNO. The largest absolute Gasteiger partial charge is 0.387 e. The van der Waals surface area contributed by atoms with Crippen molar-refractivity contribution in [1.82, 2.24) is 4.98 Å². The number of nitrogens with zero attached hydrogens (tertiary/aromatic N) is 1. The third-order valence-corrected chi connectivity index (χ3v) is 2.40. The maximum atomic E-state index is 9.73. The first kappa shape index (κ1) is 11.5. The second kappa shape index (κ2) is 5.99. The molecule has 1 atom stereocenters. The molecule has 2 nitrogen and oxygen atoms in total. The number of rotatable bonds is 5. The molecule has 0 aromatic carbocycles. The molecule has 78 valence electrons. The summed E-state index contributed by atoms with van der Waals surface area (Å²) in [4.78, 5) is 4.07. The van der Waals surface area contributed by atoms with Crippen molar-refractivity contribution >= 4 is 11.6 Å². The summed E-state index contributed by atoms with van der Waals surface area (Å²) >= 11 is 5.70. The predicted molar refractivity (Wildman–Crippen MR) is 58.3 cm³/mol. The van der Waals surface area contributed by atoms with Crippen LogP contribution >= 0.6 is 11.6 Å². The van der Waals surface area contributed by atoms with Gasteiger partial charge in [-0.3, -0.25) is 4.98 Å². The molecule has 0 aliphatic rings. The number of halogens is 1. The first-order valence-electron chi connectivity index (χ1n) is 5.03. The summed E-state index contributed by atoms with van der Waals surface area (Å²) in [5.74, 6) is 0. The predicted octanol–water partition coefficient (Wildman–Crippen LogP) is 3.35. The zero-order chi connectivity index (χ0) is 10.4. The van der Waals surface area contributed by atoms with Gasteiger partial charge in [0.15, 0.2) is 0 Å². The minimum atomic E-state index is -0.446. The standard InChI is InChI=1S/C11H16ClNO/c1-2-3-4-5-11(14)10-7-6-9(12)8-13-10/h6-8,11,14H,2-5H2,1H3. The smallest absolute Gasteiger partial charge is 0.0959 e. The number of aliphatic hydroxyl groups excluding tert-OH is 1. The summed E-state index contributed by atoms with van der Waals surface area (Å²) in [6.45, 7) is 2.15. The molecule has 1 aromatic rings. The third kappa shape index (κ3) is 3.64. The fourth-order valence-corrected chi connectivity index (χ4v) is 1.43. The van der Waals surface area contributed by atoms with Gasteiger partial charge in [0, 0.05) is 6.20 Å². The van der Waals surface area contributed by atoms with E-state index in [0.717, 1.165) is 19.3 Å². The first-order valence-corrected chi connectivity index (χ1v) is 5.41. The van der Waals surface area contributed by atoms with Crippen molar-refractivity contribution in [3.05, 3.63) is 29.0 Å². The highest BCUT2D eigenvalue weighted by Crippen LogP contribution is 2.18. The quantitative estimate of drug-likeness (QED) is 0.761. The molecule has 3 heteroatoms. The summed E-state index contributed by atoms with van der Waals surface area (Å²) in [5, 5.41) is 10.3. The molecule has 0 saturated heterocycles. The van der Waals surface area contributed by atoms with E-state index in [-0.39, 0.29) is 0 Å². The molecular weight excluding hydrogens is 198 g/mol. The molecule has 1 N–H and O–H groups in total. The fourth-order valence-electron chi connectivity index (χ4n) is 1.32. The van der Waals surface area contributed by atoms with E-state index < -0.39 is 6.10 Å². The van der Waals surface area contributed by atoms with E-state index in [1.54, 1.807) is 18.3 Å². The van der Waals surface area contributed by atoms with Crippen molar-refractivity contribution in [1.29, 1.82) is 0 Å². The maximum Gasteiger partial charge on any atom is 0.0959 e. The van der Waals surface area contributed by atoms with E-state index in [2.05, 4.69) is 11.9 Å². The first-order chi connectivity index (χ1) is 6.74. The lowest BCUT2D eigenvalue weighted by Gasteiger charge is -2.08. The van der Waals surface area contributed by atoms with E-state index in [9.17, 15) is 5.11 Å². The van der Waals surface area contributed by atoms with Crippen LogP contribution in [0.1, 0.15) is 44.4 Å². The Morgan fingerprint density at radius 1 is 1.43 bits per heavy atom. The summed E-state index contributed by atoms with van der Waals surface area (Å²) in [6.07, 6.45) is 5.27. The normalized spacial score (nSPS) is 12.8. The summed E-state index contributed by atoms with van der Waals surface area (Å²) in [6, 6.07) is 3.53. The molecule has 14 heavy (non-hydrogen) atoms. The van der Waals surface area contributed by atoms with Crippen molar-refractivity contribution in [2.45, 2.75) is 38.7 Å². The van der Waals surface area contributed by atoms with Crippen LogP contribution in [0, 0.1) is 0 Å².